The van der Waals surface area contributed by atoms with Gasteiger partial charge in [-0.3, -0.25) is 9.78 Å². The van der Waals surface area contributed by atoms with Crippen LogP contribution in [0.3, 0.4) is 0 Å². The maximum atomic E-state index is 12.3. The first kappa shape index (κ1) is 14.6. The van der Waals surface area contributed by atoms with Crippen LogP contribution in [0.4, 0.5) is 0 Å². The van der Waals surface area contributed by atoms with Gasteiger partial charge in [0.25, 0.3) is 5.91 Å². The van der Waals surface area contributed by atoms with Crippen molar-refractivity contribution in [1.29, 1.82) is 0 Å². The minimum Gasteiger partial charge on any atom is -0.472 e. The molecule has 5 nitrogen and oxygen atoms in total. The van der Waals surface area contributed by atoms with Crippen molar-refractivity contribution >= 4 is 27.5 Å². The lowest BCUT2D eigenvalue weighted by Gasteiger charge is -2.06. The zero-order valence-electron chi connectivity index (χ0n) is 12.6. The average molecular weight is 335 g/mol. The quantitative estimate of drug-likeness (QED) is 0.614. The number of furan rings is 1. The molecule has 4 rings (SSSR count). The number of hydrogen-bond donors (Lipinski definition) is 1. The highest BCUT2D eigenvalue weighted by Crippen LogP contribution is 2.19. The molecule has 0 aliphatic heterocycles. The molecule has 118 valence electrons. The van der Waals surface area contributed by atoms with Gasteiger partial charge in [-0.25, -0.2) is 4.98 Å². The standard InChI is InChI=1S/C18H13N3O2S/c22-18(13-2-4-16-17(7-13)24-11-21-16)20-9-12-1-3-15(19-8-12)14-5-6-23-10-14/h1-8,10-11H,9H2,(H,20,22). The Morgan fingerprint density at radius 1 is 1.17 bits per heavy atom. The van der Waals surface area contributed by atoms with Crippen molar-refractivity contribution in [3.8, 4) is 11.3 Å². The summed E-state index contributed by atoms with van der Waals surface area (Å²) in [5, 5.41) is 2.91. The van der Waals surface area contributed by atoms with Crippen LogP contribution in [0.1, 0.15) is 15.9 Å². The Morgan fingerprint density at radius 2 is 2.12 bits per heavy atom. The normalized spacial score (nSPS) is 10.8. The summed E-state index contributed by atoms with van der Waals surface area (Å²) in [6, 6.07) is 11.2. The third kappa shape index (κ3) is 2.91. The summed E-state index contributed by atoms with van der Waals surface area (Å²) in [5.74, 6) is -0.107. The number of nitrogens with zero attached hydrogens (tertiary/aromatic N) is 2. The van der Waals surface area contributed by atoms with Gasteiger partial charge in [-0.05, 0) is 35.9 Å². The highest BCUT2D eigenvalue weighted by Gasteiger charge is 2.08. The number of aromatic nitrogens is 2. The first-order valence-electron chi connectivity index (χ1n) is 7.38. The van der Waals surface area contributed by atoms with Gasteiger partial charge < -0.3 is 9.73 Å². The number of hydrogen-bond acceptors (Lipinski definition) is 5. The number of pyridine rings is 1. The molecule has 0 radical (unpaired) electrons. The Kier molecular flexibility index (Phi) is 3.80. The molecule has 4 aromatic rings. The summed E-state index contributed by atoms with van der Waals surface area (Å²) in [6.45, 7) is 0.429. The lowest BCUT2D eigenvalue weighted by atomic mass is 10.1. The molecule has 1 aromatic carbocycles. The summed E-state index contributed by atoms with van der Waals surface area (Å²) in [6.07, 6.45) is 5.03. The predicted molar refractivity (Wildman–Crippen MR) is 92.7 cm³/mol. The third-order valence-electron chi connectivity index (χ3n) is 3.69. The molecule has 0 saturated heterocycles. The number of thiazole rings is 1. The van der Waals surface area contributed by atoms with Crippen molar-refractivity contribution in [3.63, 3.8) is 0 Å². The second kappa shape index (κ2) is 6.25. The van der Waals surface area contributed by atoms with Crippen molar-refractivity contribution in [2.75, 3.05) is 0 Å². The van der Waals surface area contributed by atoms with Gasteiger partial charge in [-0.1, -0.05) is 6.07 Å². The van der Waals surface area contributed by atoms with Gasteiger partial charge in [-0.2, -0.15) is 0 Å². The van der Waals surface area contributed by atoms with E-state index in [0.29, 0.717) is 12.1 Å². The van der Waals surface area contributed by atoms with Crippen LogP contribution < -0.4 is 5.32 Å². The Labute approximate surface area is 142 Å². The van der Waals surface area contributed by atoms with E-state index in [2.05, 4.69) is 15.3 Å². The molecule has 1 N–H and O–H groups in total. The molecule has 0 spiro atoms. The minimum absolute atomic E-state index is 0.107. The van der Waals surface area contributed by atoms with Crippen LogP contribution in [0.5, 0.6) is 0 Å². The van der Waals surface area contributed by atoms with E-state index in [-0.39, 0.29) is 5.91 Å². The first-order valence-corrected chi connectivity index (χ1v) is 8.26. The van der Waals surface area contributed by atoms with Gasteiger partial charge >= 0.3 is 0 Å². The van der Waals surface area contributed by atoms with Crippen molar-refractivity contribution in [3.05, 3.63) is 71.8 Å². The van der Waals surface area contributed by atoms with Gasteiger partial charge in [0.1, 0.15) is 0 Å². The monoisotopic (exact) mass is 335 g/mol. The molecule has 0 bridgehead atoms. The molecule has 0 fully saturated rings. The molecule has 0 aliphatic rings. The fourth-order valence-corrected chi connectivity index (χ4v) is 3.11. The molecular formula is C18H13N3O2S. The average Bonchev–Trinajstić information content (AvgIpc) is 3.30. The fraction of sp³-hybridized carbons (Fsp3) is 0.0556. The second-order valence-corrected chi connectivity index (χ2v) is 6.17. The Hall–Kier alpha value is -2.99. The molecule has 1 amide bonds. The largest absolute Gasteiger partial charge is 0.472 e. The smallest absolute Gasteiger partial charge is 0.251 e. The van der Waals surface area contributed by atoms with Crippen LogP contribution in [0.25, 0.3) is 21.5 Å². The summed E-state index contributed by atoms with van der Waals surface area (Å²) in [7, 11) is 0. The van der Waals surface area contributed by atoms with E-state index in [4.69, 9.17) is 4.42 Å². The van der Waals surface area contributed by atoms with Gasteiger partial charge in [-0.15, -0.1) is 11.3 Å². The topological polar surface area (TPSA) is 68.0 Å². The highest BCUT2D eigenvalue weighted by atomic mass is 32.1. The number of benzene rings is 1. The molecule has 3 heterocycles. The van der Waals surface area contributed by atoms with Crippen LogP contribution in [0, 0.1) is 0 Å². The lowest BCUT2D eigenvalue weighted by molar-refractivity contribution is 0.0951. The SMILES string of the molecule is O=C(NCc1ccc(-c2ccoc2)nc1)c1ccc2ncsc2c1. The molecule has 3 aromatic heterocycles. The van der Waals surface area contributed by atoms with Crippen LogP contribution in [-0.4, -0.2) is 15.9 Å². The molecule has 0 atom stereocenters. The third-order valence-corrected chi connectivity index (χ3v) is 4.48. The van der Waals surface area contributed by atoms with Gasteiger partial charge in [0.15, 0.2) is 0 Å². The number of carbonyl (C=O) groups is 1. The van der Waals surface area contributed by atoms with Gasteiger partial charge in [0, 0.05) is 23.9 Å². The number of carbonyl (C=O) groups excluding carboxylic acids is 1. The fourth-order valence-electron chi connectivity index (χ4n) is 2.39. The van der Waals surface area contributed by atoms with Gasteiger partial charge in [0.05, 0.1) is 33.9 Å². The van der Waals surface area contributed by atoms with E-state index in [1.54, 1.807) is 30.3 Å². The zero-order chi connectivity index (χ0) is 16.4. The summed E-state index contributed by atoms with van der Waals surface area (Å²) in [4.78, 5) is 20.9. The molecule has 0 saturated carbocycles. The van der Waals surface area contributed by atoms with Crippen LogP contribution in [-0.2, 0) is 6.54 Å². The summed E-state index contributed by atoms with van der Waals surface area (Å²) < 4.78 is 6.06. The number of nitrogens with one attached hydrogen (secondary N) is 1. The van der Waals surface area contributed by atoms with Crippen molar-refractivity contribution in [2.24, 2.45) is 0 Å². The van der Waals surface area contributed by atoms with Crippen molar-refractivity contribution in [2.45, 2.75) is 6.54 Å². The predicted octanol–water partition coefficient (Wildman–Crippen LogP) is 3.88. The van der Waals surface area contributed by atoms with Crippen LogP contribution >= 0.6 is 11.3 Å². The van der Waals surface area contributed by atoms with E-state index in [9.17, 15) is 4.79 Å². The van der Waals surface area contributed by atoms with Crippen LogP contribution in [0.15, 0.2) is 65.0 Å². The first-order chi connectivity index (χ1) is 11.8. The van der Waals surface area contributed by atoms with E-state index in [0.717, 1.165) is 27.0 Å². The maximum absolute atomic E-state index is 12.3. The molecule has 6 heteroatoms. The maximum Gasteiger partial charge on any atom is 0.251 e. The Bertz CT molecular complexity index is 975. The molecule has 24 heavy (non-hydrogen) atoms. The number of amides is 1. The Morgan fingerprint density at radius 3 is 2.92 bits per heavy atom. The van der Waals surface area contributed by atoms with Crippen LogP contribution in [0.2, 0.25) is 0 Å². The summed E-state index contributed by atoms with van der Waals surface area (Å²) >= 11 is 1.52. The number of rotatable bonds is 4. The second-order valence-electron chi connectivity index (χ2n) is 5.28. The van der Waals surface area contributed by atoms with E-state index in [1.807, 2.05) is 30.3 Å². The zero-order valence-corrected chi connectivity index (χ0v) is 13.4. The number of fused-ring (bicyclic) bond motifs is 1. The minimum atomic E-state index is -0.107. The molecule has 0 unspecified atom stereocenters. The van der Waals surface area contributed by atoms with Crippen molar-refractivity contribution < 1.29 is 9.21 Å². The lowest BCUT2D eigenvalue weighted by Crippen LogP contribution is -2.22. The molecule has 0 aliphatic carbocycles. The van der Waals surface area contributed by atoms with Gasteiger partial charge in [0.2, 0.25) is 0 Å². The highest BCUT2D eigenvalue weighted by molar-refractivity contribution is 7.16. The van der Waals surface area contributed by atoms with E-state index < -0.39 is 0 Å². The Balaban J connectivity index is 1.43. The molecular weight excluding hydrogens is 322 g/mol. The van der Waals surface area contributed by atoms with E-state index in [1.165, 1.54) is 11.3 Å². The van der Waals surface area contributed by atoms with Crippen molar-refractivity contribution in [1.82, 2.24) is 15.3 Å². The summed E-state index contributed by atoms with van der Waals surface area (Å²) in [5.41, 5.74) is 6.04. The van der Waals surface area contributed by atoms with E-state index >= 15 is 0 Å².